The minimum Gasteiger partial charge on any atom is -0.329 e. The topological polar surface area (TPSA) is 106 Å². The van der Waals surface area contributed by atoms with E-state index < -0.39 is 36.6 Å². The SMILES string of the molecule is CS(=O)(=O)c1ccc(S(=O)(=O)NC(CN)C2CCCC2)cc1F.Cl. The van der Waals surface area contributed by atoms with Gasteiger partial charge in [-0.05, 0) is 37.0 Å². The molecule has 1 aromatic rings. The third kappa shape index (κ3) is 4.89. The van der Waals surface area contributed by atoms with Gasteiger partial charge < -0.3 is 5.73 Å². The number of halogens is 2. The molecule has 1 fully saturated rings. The molecule has 10 heteroatoms. The molecule has 0 amide bonds. The molecule has 1 unspecified atom stereocenters. The predicted octanol–water partition coefficient (Wildman–Crippen LogP) is 1.45. The van der Waals surface area contributed by atoms with E-state index in [1.54, 1.807) is 0 Å². The lowest BCUT2D eigenvalue weighted by atomic mass is 9.99. The molecule has 0 aromatic heterocycles. The van der Waals surface area contributed by atoms with E-state index in [2.05, 4.69) is 4.72 Å². The minimum atomic E-state index is -3.96. The van der Waals surface area contributed by atoms with Gasteiger partial charge in [-0.3, -0.25) is 0 Å². The Morgan fingerprint density at radius 1 is 1.25 bits per heavy atom. The van der Waals surface area contributed by atoms with Crippen LogP contribution >= 0.6 is 12.4 Å². The largest absolute Gasteiger partial charge is 0.329 e. The fraction of sp³-hybridized carbons (Fsp3) is 0.571. The van der Waals surface area contributed by atoms with Crippen molar-refractivity contribution in [1.82, 2.24) is 4.72 Å². The van der Waals surface area contributed by atoms with Crippen molar-refractivity contribution in [3.8, 4) is 0 Å². The third-order valence-corrected chi connectivity index (χ3v) is 6.76. The summed E-state index contributed by atoms with van der Waals surface area (Å²) >= 11 is 0. The molecule has 0 saturated heterocycles. The van der Waals surface area contributed by atoms with Crippen LogP contribution in [0, 0.1) is 11.7 Å². The molecule has 0 aliphatic heterocycles. The summed E-state index contributed by atoms with van der Waals surface area (Å²) in [4.78, 5) is -0.832. The zero-order valence-electron chi connectivity index (χ0n) is 13.2. The fourth-order valence-electron chi connectivity index (χ4n) is 2.91. The highest BCUT2D eigenvalue weighted by Gasteiger charge is 2.29. The standard InChI is InChI=1S/C14H21FN2O4S2.ClH/c1-22(18,19)14-7-6-11(8-12(14)15)23(20,21)17-13(9-16)10-4-2-3-5-10;/h6-8,10,13,17H,2-5,9,16H2,1H3;1H. The van der Waals surface area contributed by atoms with E-state index in [1.807, 2.05) is 0 Å². The molecule has 1 aliphatic rings. The molecule has 6 nitrogen and oxygen atoms in total. The van der Waals surface area contributed by atoms with Crippen LogP contribution < -0.4 is 10.5 Å². The second kappa shape index (κ2) is 8.09. The van der Waals surface area contributed by atoms with Crippen LogP contribution in [0.5, 0.6) is 0 Å². The number of rotatable bonds is 6. The van der Waals surface area contributed by atoms with Gasteiger partial charge in [-0.15, -0.1) is 12.4 Å². The Labute approximate surface area is 148 Å². The first-order valence-corrected chi connectivity index (χ1v) is 10.7. The normalized spacial score (nSPS) is 17.5. The summed E-state index contributed by atoms with van der Waals surface area (Å²) in [5.74, 6) is -0.907. The Morgan fingerprint density at radius 2 is 1.83 bits per heavy atom. The molecule has 138 valence electrons. The van der Waals surface area contributed by atoms with Gasteiger partial charge in [0.15, 0.2) is 9.84 Å². The fourth-order valence-corrected chi connectivity index (χ4v) is 4.97. The van der Waals surface area contributed by atoms with Gasteiger partial charge in [0.2, 0.25) is 10.0 Å². The zero-order chi connectivity index (χ0) is 17.3. The molecule has 0 bridgehead atoms. The van der Waals surface area contributed by atoms with Crippen LogP contribution in [0.3, 0.4) is 0 Å². The molecule has 1 aromatic carbocycles. The molecule has 0 heterocycles. The van der Waals surface area contributed by atoms with Crippen molar-refractivity contribution in [1.29, 1.82) is 0 Å². The van der Waals surface area contributed by atoms with Crippen LogP contribution in [0.1, 0.15) is 25.7 Å². The van der Waals surface area contributed by atoms with E-state index in [1.165, 1.54) is 0 Å². The Bertz CT molecular complexity index is 778. The van der Waals surface area contributed by atoms with Crippen LogP contribution in [0.2, 0.25) is 0 Å². The van der Waals surface area contributed by atoms with Gasteiger partial charge in [0.25, 0.3) is 0 Å². The summed E-state index contributed by atoms with van der Waals surface area (Å²) in [6.45, 7) is 0.161. The molecule has 0 radical (unpaired) electrons. The summed E-state index contributed by atoms with van der Waals surface area (Å²) in [6, 6.07) is 2.37. The predicted molar refractivity (Wildman–Crippen MR) is 91.9 cm³/mol. The van der Waals surface area contributed by atoms with Crippen LogP contribution in [0.25, 0.3) is 0 Å². The monoisotopic (exact) mass is 400 g/mol. The van der Waals surface area contributed by atoms with E-state index in [0.717, 1.165) is 50.1 Å². The van der Waals surface area contributed by atoms with E-state index >= 15 is 0 Å². The highest BCUT2D eigenvalue weighted by atomic mass is 35.5. The highest BCUT2D eigenvalue weighted by Crippen LogP contribution is 2.28. The number of nitrogens with two attached hydrogens (primary N) is 1. The third-order valence-electron chi connectivity index (χ3n) is 4.14. The number of sulfone groups is 1. The van der Waals surface area contributed by atoms with E-state index in [9.17, 15) is 21.2 Å². The van der Waals surface area contributed by atoms with Gasteiger partial charge in [0.05, 0.1) is 4.90 Å². The van der Waals surface area contributed by atoms with E-state index in [4.69, 9.17) is 5.73 Å². The molecule has 1 aliphatic carbocycles. The van der Waals surface area contributed by atoms with Crippen LogP contribution in [0.15, 0.2) is 28.0 Å². The maximum atomic E-state index is 13.9. The summed E-state index contributed by atoms with van der Waals surface area (Å²) in [5.41, 5.74) is 5.67. The van der Waals surface area contributed by atoms with Crippen molar-refractivity contribution < 1.29 is 21.2 Å². The summed E-state index contributed by atoms with van der Waals surface area (Å²) in [7, 11) is -7.71. The van der Waals surface area contributed by atoms with Gasteiger partial charge in [-0.2, -0.15) is 0 Å². The lowest BCUT2D eigenvalue weighted by molar-refractivity contribution is 0.405. The van der Waals surface area contributed by atoms with Crippen molar-refractivity contribution in [2.24, 2.45) is 11.7 Å². The number of hydrogen-bond acceptors (Lipinski definition) is 5. The Kier molecular flexibility index (Phi) is 7.18. The average Bonchev–Trinajstić information content (AvgIpc) is 2.97. The zero-order valence-corrected chi connectivity index (χ0v) is 15.7. The Morgan fingerprint density at radius 3 is 2.29 bits per heavy atom. The van der Waals surface area contributed by atoms with Crippen molar-refractivity contribution in [2.45, 2.75) is 41.5 Å². The van der Waals surface area contributed by atoms with E-state index in [-0.39, 0.29) is 29.8 Å². The maximum absolute atomic E-state index is 13.9. The molecule has 3 N–H and O–H groups in total. The summed E-state index contributed by atoms with van der Waals surface area (Å²) < 4.78 is 64.0. The van der Waals surface area contributed by atoms with Gasteiger partial charge in [-0.1, -0.05) is 12.8 Å². The van der Waals surface area contributed by atoms with Crippen molar-refractivity contribution >= 4 is 32.3 Å². The smallest absolute Gasteiger partial charge is 0.240 e. The second-order valence-corrected chi connectivity index (χ2v) is 9.57. The second-order valence-electron chi connectivity index (χ2n) is 5.87. The number of sulfonamides is 1. The molecule has 1 atom stereocenters. The number of hydrogen-bond donors (Lipinski definition) is 2. The highest BCUT2D eigenvalue weighted by molar-refractivity contribution is 7.90. The van der Waals surface area contributed by atoms with Gasteiger partial charge >= 0.3 is 0 Å². The van der Waals surface area contributed by atoms with Crippen LogP contribution in [-0.2, 0) is 19.9 Å². The average molecular weight is 401 g/mol. The van der Waals surface area contributed by atoms with Crippen LogP contribution in [0.4, 0.5) is 4.39 Å². The van der Waals surface area contributed by atoms with Crippen molar-refractivity contribution in [2.75, 3.05) is 12.8 Å². The van der Waals surface area contributed by atoms with Crippen molar-refractivity contribution in [3.05, 3.63) is 24.0 Å². The first-order valence-electron chi connectivity index (χ1n) is 7.37. The first kappa shape index (κ1) is 21.3. The lowest BCUT2D eigenvalue weighted by Gasteiger charge is -2.23. The van der Waals surface area contributed by atoms with Crippen molar-refractivity contribution in [3.63, 3.8) is 0 Å². The quantitative estimate of drug-likeness (QED) is 0.751. The molecule has 24 heavy (non-hydrogen) atoms. The summed E-state index contributed by atoms with van der Waals surface area (Å²) in [5, 5.41) is 0. The minimum absolute atomic E-state index is 0. The first-order chi connectivity index (χ1) is 10.6. The van der Waals surface area contributed by atoms with Gasteiger partial charge in [0.1, 0.15) is 10.7 Å². The Balaban J connectivity index is 0.00000288. The molecular formula is C14H22ClFN2O4S2. The molecule has 1 saturated carbocycles. The Hall–Kier alpha value is -0.740. The maximum Gasteiger partial charge on any atom is 0.240 e. The number of nitrogens with one attached hydrogen (secondary N) is 1. The molecule has 2 rings (SSSR count). The molecule has 0 spiro atoms. The lowest BCUT2D eigenvalue weighted by Crippen LogP contribution is -2.44. The van der Waals surface area contributed by atoms with E-state index in [0.29, 0.717) is 0 Å². The number of benzene rings is 1. The summed E-state index contributed by atoms with van der Waals surface area (Å²) in [6.07, 6.45) is 4.76. The van der Waals surface area contributed by atoms with Gasteiger partial charge in [-0.25, -0.2) is 25.9 Å². The van der Waals surface area contributed by atoms with Gasteiger partial charge in [0, 0.05) is 18.8 Å². The molecular weight excluding hydrogens is 379 g/mol. The van der Waals surface area contributed by atoms with Crippen LogP contribution in [-0.4, -0.2) is 35.7 Å².